The first-order valence-corrected chi connectivity index (χ1v) is 34.3. The smallest absolute Gasteiger partial charge is 0.220 e. The van der Waals surface area contributed by atoms with E-state index in [1.165, 1.54) is 302 Å². The second-order valence-electron chi connectivity index (χ2n) is 23.6. The highest BCUT2D eigenvalue weighted by atomic mass is 16.3. The van der Waals surface area contributed by atoms with E-state index in [1.54, 1.807) is 0 Å². The van der Waals surface area contributed by atoms with Crippen LogP contribution in [0.3, 0.4) is 0 Å². The van der Waals surface area contributed by atoms with Crippen LogP contribution in [-0.2, 0) is 4.79 Å². The number of hydrogen-bond acceptors (Lipinski definition) is 3. The Morgan fingerprint density at radius 2 is 0.587 bits per heavy atom. The van der Waals surface area contributed by atoms with Crippen molar-refractivity contribution in [3.8, 4) is 0 Å². The van der Waals surface area contributed by atoms with Crippen LogP contribution in [0.2, 0.25) is 0 Å². The summed E-state index contributed by atoms with van der Waals surface area (Å²) < 4.78 is 0. The van der Waals surface area contributed by atoms with Crippen molar-refractivity contribution < 1.29 is 15.0 Å². The van der Waals surface area contributed by atoms with Gasteiger partial charge in [-0.2, -0.15) is 0 Å². The maximum Gasteiger partial charge on any atom is 0.220 e. The lowest BCUT2D eigenvalue weighted by atomic mass is 10.0. The molecule has 0 saturated heterocycles. The Bertz CT molecular complexity index is 1190. The third kappa shape index (κ3) is 63.1. The predicted molar refractivity (Wildman–Crippen MR) is 336 cm³/mol. The Balaban J connectivity index is 3.38. The van der Waals surface area contributed by atoms with Gasteiger partial charge in [-0.3, -0.25) is 4.79 Å². The lowest BCUT2D eigenvalue weighted by Gasteiger charge is -2.22. The summed E-state index contributed by atoms with van der Waals surface area (Å²) in [5, 5.41) is 23.5. The van der Waals surface area contributed by atoms with Crippen molar-refractivity contribution in [1.82, 2.24) is 5.32 Å². The Morgan fingerprint density at radius 3 is 0.880 bits per heavy atom. The molecule has 0 aliphatic carbocycles. The molecule has 0 aliphatic rings. The van der Waals surface area contributed by atoms with Crippen molar-refractivity contribution >= 4 is 5.91 Å². The summed E-state index contributed by atoms with van der Waals surface area (Å²) in [5.41, 5.74) is 0. The fourth-order valence-corrected chi connectivity index (χ4v) is 10.9. The molecule has 0 bridgehead atoms. The van der Waals surface area contributed by atoms with Crippen LogP contribution in [0.5, 0.6) is 0 Å². The van der Waals surface area contributed by atoms with E-state index in [0.717, 1.165) is 51.4 Å². The van der Waals surface area contributed by atoms with E-state index in [-0.39, 0.29) is 12.5 Å². The van der Waals surface area contributed by atoms with Gasteiger partial charge in [-0.15, -0.1) is 0 Å². The summed E-state index contributed by atoms with van der Waals surface area (Å²) in [4.78, 5) is 12.6. The average molecular weight is 1050 g/mol. The zero-order chi connectivity index (χ0) is 54.1. The molecule has 0 aromatic heterocycles. The number of carbonyl (C=O) groups excluding carboxylic acids is 1. The second kappa shape index (κ2) is 66.6. The lowest BCUT2D eigenvalue weighted by molar-refractivity contribution is -0.123. The van der Waals surface area contributed by atoms with Gasteiger partial charge in [0.15, 0.2) is 0 Å². The van der Waals surface area contributed by atoms with Crippen LogP contribution in [0, 0.1) is 0 Å². The van der Waals surface area contributed by atoms with Crippen LogP contribution in [-0.4, -0.2) is 34.9 Å². The van der Waals surface area contributed by atoms with Gasteiger partial charge in [0.1, 0.15) is 0 Å². The van der Waals surface area contributed by atoms with E-state index >= 15 is 0 Å². The van der Waals surface area contributed by atoms with Gasteiger partial charge in [0, 0.05) is 6.42 Å². The first kappa shape index (κ1) is 73.3. The van der Waals surface area contributed by atoms with Gasteiger partial charge < -0.3 is 15.5 Å². The van der Waals surface area contributed by atoms with Gasteiger partial charge in [0.2, 0.25) is 5.91 Å². The van der Waals surface area contributed by atoms with Gasteiger partial charge in [-0.1, -0.05) is 371 Å². The van der Waals surface area contributed by atoms with Crippen molar-refractivity contribution in [2.45, 2.75) is 392 Å². The van der Waals surface area contributed by atoms with Crippen LogP contribution in [0.1, 0.15) is 380 Å². The van der Waals surface area contributed by atoms with E-state index in [1.807, 2.05) is 0 Å². The monoisotopic (exact) mass is 1050 g/mol. The second-order valence-corrected chi connectivity index (χ2v) is 23.6. The number of allylic oxidation sites excluding steroid dienone is 8. The van der Waals surface area contributed by atoms with E-state index in [9.17, 15) is 15.0 Å². The highest BCUT2D eigenvalue weighted by Gasteiger charge is 2.20. The third-order valence-corrected chi connectivity index (χ3v) is 16.1. The summed E-state index contributed by atoms with van der Waals surface area (Å²) in [6.45, 7) is 4.29. The molecular weight excluding hydrogens is 915 g/mol. The maximum absolute atomic E-state index is 12.6. The molecule has 75 heavy (non-hydrogen) atoms. The normalized spacial score (nSPS) is 13.0. The van der Waals surface area contributed by atoms with Crippen LogP contribution >= 0.6 is 0 Å². The minimum atomic E-state index is -0.660. The van der Waals surface area contributed by atoms with Gasteiger partial charge in [0.05, 0.1) is 18.8 Å². The molecule has 0 aliphatic heterocycles. The minimum Gasteiger partial charge on any atom is -0.394 e. The van der Waals surface area contributed by atoms with E-state index < -0.39 is 12.1 Å². The number of nitrogens with one attached hydrogen (secondary N) is 1. The van der Waals surface area contributed by atoms with Gasteiger partial charge in [-0.25, -0.2) is 0 Å². The summed E-state index contributed by atoms with van der Waals surface area (Å²) >= 11 is 0. The number of aliphatic hydroxyl groups excluding tert-OH is 2. The zero-order valence-electron chi connectivity index (χ0n) is 51.1. The molecule has 0 radical (unpaired) electrons. The van der Waals surface area contributed by atoms with E-state index in [2.05, 4.69) is 67.8 Å². The minimum absolute atomic E-state index is 0.0228. The number of hydrogen-bond donors (Lipinski definition) is 3. The van der Waals surface area contributed by atoms with Crippen LogP contribution in [0.4, 0.5) is 0 Å². The molecule has 1 amide bonds. The standard InChI is InChI=1S/C71H135NO3/c1-3-5-7-9-11-13-15-17-19-21-23-25-27-29-31-32-33-34-35-36-37-38-39-40-41-43-45-47-49-51-53-55-57-59-61-63-65-67-71(75)72-69(68-73)70(74)66-64-62-60-58-56-54-52-50-48-46-44-42-30-28-26-24-22-20-18-16-14-12-10-8-6-4-2/h5,7,11,13,17,19,23,25,69-70,73-74H,3-4,6,8-10,12,14-16,18,20-22,24,26-68H2,1-2H3,(H,72,75)/b7-5-,13-11-,19-17-,25-23-. The predicted octanol–water partition coefficient (Wildman–Crippen LogP) is 23.3. The van der Waals surface area contributed by atoms with E-state index in [0.29, 0.717) is 12.8 Å². The summed E-state index contributed by atoms with van der Waals surface area (Å²) in [6.07, 6.45) is 93.1. The number of rotatable bonds is 64. The molecule has 2 atom stereocenters. The molecule has 0 aromatic rings. The zero-order valence-corrected chi connectivity index (χ0v) is 51.1. The average Bonchev–Trinajstić information content (AvgIpc) is 3.41. The SMILES string of the molecule is CC/C=C\C/C=C\C/C=C\C/C=C\CCCCCCCCCCCCCCCCCCCCCCCCCCC(=O)NC(CO)C(O)CCCCCCCCCCCCCCCCCCCCCCCCCCCC. The third-order valence-electron chi connectivity index (χ3n) is 16.1. The summed E-state index contributed by atoms with van der Waals surface area (Å²) in [5.74, 6) is -0.0228. The van der Waals surface area contributed by atoms with Crippen LogP contribution in [0.25, 0.3) is 0 Å². The number of aliphatic hydroxyl groups is 2. The molecular formula is C71H135NO3. The van der Waals surface area contributed by atoms with Crippen molar-refractivity contribution in [2.24, 2.45) is 0 Å². The Morgan fingerprint density at radius 1 is 0.333 bits per heavy atom. The number of unbranched alkanes of at least 4 members (excludes halogenated alkanes) is 49. The Labute approximate surface area is 471 Å². The maximum atomic E-state index is 12.6. The van der Waals surface area contributed by atoms with Gasteiger partial charge >= 0.3 is 0 Å². The molecule has 0 fully saturated rings. The first-order chi connectivity index (χ1) is 37.2. The molecule has 0 spiro atoms. The highest BCUT2D eigenvalue weighted by Crippen LogP contribution is 2.19. The molecule has 0 rings (SSSR count). The van der Waals surface area contributed by atoms with Crippen LogP contribution in [0.15, 0.2) is 48.6 Å². The first-order valence-electron chi connectivity index (χ1n) is 34.3. The largest absolute Gasteiger partial charge is 0.394 e. The van der Waals surface area contributed by atoms with Crippen molar-refractivity contribution in [2.75, 3.05) is 6.61 Å². The molecule has 0 saturated carbocycles. The molecule has 0 heterocycles. The summed E-state index contributed by atoms with van der Waals surface area (Å²) in [7, 11) is 0. The highest BCUT2D eigenvalue weighted by molar-refractivity contribution is 5.76. The molecule has 3 N–H and O–H groups in total. The van der Waals surface area contributed by atoms with Crippen LogP contribution < -0.4 is 5.32 Å². The summed E-state index contributed by atoms with van der Waals surface area (Å²) in [6, 6.07) is -0.536. The number of amides is 1. The van der Waals surface area contributed by atoms with Gasteiger partial charge in [-0.05, 0) is 51.4 Å². The Hall–Kier alpha value is -1.65. The van der Waals surface area contributed by atoms with Crippen molar-refractivity contribution in [1.29, 1.82) is 0 Å². The molecule has 0 aromatic carbocycles. The van der Waals surface area contributed by atoms with E-state index in [4.69, 9.17) is 0 Å². The van der Waals surface area contributed by atoms with Crippen molar-refractivity contribution in [3.63, 3.8) is 0 Å². The fourth-order valence-electron chi connectivity index (χ4n) is 10.9. The van der Waals surface area contributed by atoms with Crippen molar-refractivity contribution in [3.05, 3.63) is 48.6 Å². The molecule has 2 unspecified atom stereocenters. The fraction of sp³-hybridized carbons (Fsp3) is 0.873. The number of carbonyl (C=O) groups is 1. The topological polar surface area (TPSA) is 69.6 Å². The molecule has 4 nitrogen and oxygen atoms in total. The van der Waals surface area contributed by atoms with Gasteiger partial charge in [0.25, 0.3) is 0 Å². The quantitative estimate of drug-likeness (QED) is 0.0420. The molecule has 442 valence electrons. The lowest BCUT2D eigenvalue weighted by Crippen LogP contribution is -2.45. The Kier molecular flexibility index (Phi) is 65.2. The molecule has 4 heteroatoms.